The Morgan fingerprint density at radius 3 is 2.56 bits per heavy atom. The fourth-order valence-corrected chi connectivity index (χ4v) is 3.49. The zero-order valence-electron chi connectivity index (χ0n) is 11.5. The van der Waals surface area contributed by atoms with E-state index in [1.807, 2.05) is 18.7 Å². The van der Waals surface area contributed by atoms with Crippen molar-refractivity contribution in [3.63, 3.8) is 0 Å². The van der Waals surface area contributed by atoms with Crippen LogP contribution in [0, 0.1) is 0 Å². The topological polar surface area (TPSA) is 23.5 Å². The normalized spacial score (nSPS) is 20.8. The van der Waals surface area contributed by atoms with Crippen molar-refractivity contribution in [1.29, 1.82) is 0 Å². The summed E-state index contributed by atoms with van der Waals surface area (Å²) >= 11 is 2.05. The lowest BCUT2D eigenvalue weighted by Gasteiger charge is -2.39. The maximum absolute atomic E-state index is 9.80. The molecule has 1 N–H and O–H groups in total. The van der Waals surface area contributed by atoms with Gasteiger partial charge in [-0.25, -0.2) is 0 Å². The van der Waals surface area contributed by atoms with Gasteiger partial charge in [0.05, 0.1) is 6.10 Å². The van der Waals surface area contributed by atoms with Crippen molar-refractivity contribution in [3.8, 4) is 0 Å². The SMILES string of the molecule is CCC(O)c1ccc(N2CCSC(C)(C)C2)cc1. The summed E-state index contributed by atoms with van der Waals surface area (Å²) in [6.07, 6.45) is 0.444. The standard InChI is InChI=1S/C15H23NOS/c1-4-14(17)12-5-7-13(8-6-12)16-9-10-18-15(2,3)11-16/h5-8,14,17H,4,9-11H2,1-3H3. The van der Waals surface area contributed by atoms with Gasteiger partial charge in [0, 0.05) is 29.3 Å². The highest BCUT2D eigenvalue weighted by molar-refractivity contribution is 8.00. The van der Waals surface area contributed by atoms with Crippen LogP contribution in [0.2, 0.25) is 0 Å². The third-order valence-corrected chi connectivity index (χ3v) is 4.75. The van der Waals surface area contributed by atoms with Crippen molar-refractivity contribution >= 4 is 17.4 Å². The Balaban J connectivity index is 2.09. The molecule has 0 amide bonds. The molecule has 1 aromatic rings. The lowest BCUT2D eigenvalue weighted by molar-refractivity contribution is 0.173. The van der Waals surface area contributed by atoms with Crippen LogP contribution in [0.15, 0.2) is 24.3 Å². The minimum Gasteiger partial charge on any atom is -0.388 e. The number of benzene rings is 1. The van der Waals surface area contributed by atoms with Crippen LogP contribution < -0.4 is 4.90 Å². The van der Waals surface area contributed by atoms with Crippen LogP contribution in [0.1, 0.15) is 38.9 Å². The highest BCUT2D eigenvalue weighted by Crippen LogP contribution is 2.32. The molecule has 1 aromatic carbocycles. The molecular weight excluding hydrogens is 242 g/mol. The Kier molecular flexibility index (Phi) is 4.23. The minimum atomic E-state index is -0.326. The van der Waals surface area contributed by atoms with E-state index >= 15 is 0 Å². The van der Waals surface area contributed by atoms with Crippen LogP contribution in [0.5, 0.6) is 0 Å². The van der Waals surface area contributed by atoms with Crippen molar-refractivity contribution in [3.05, 3.63) is 29.8 Å². The average molecular weight is 265 g/mol. The van der Waals surface area contributed by atoms with Gasteiger partial charge in [-0.3, -0.25) is 0 Å². The Morgan fingerprint density at radius 1 is 1.33 bits per heavy atom. The quantitative estimate of drug-likeness (QED) is 0.905. The highest BCUT2D eigenvalue weighted by atomic mass is 32.2. The van der Waals surface area contributed by atoms with Gasteiger partial charge in [-0.2, -0.15) is 11.8 Å². The second kappa shape index (κ2) is 5.54. The van der Waals surface area contributed by atoms with Gasteiger partial charge in [0.25, 0.3) is 0 Å². The molecule has 18 heavy (non-hydrogen) atoms. The summed E-state index contributed by atoms with van der Waals surface area (Å²) in [6.45, 7) is 8.82. The van der Waals surface area contributed by atoms with Gasteiger partial charge in [-0.1, -0.05) is 19.1 Å². The van der Waals surface area contributed by atoms with Gasteiger partial charge in [0.2, 0.25) is 0 Å². The smallest absolute Gasteiger partial charge is 0.0787 e. The van der Waals surface area contributed by atoms with E-state index in [1.54, 1.807) is 0 Å². The summed E-state index contributed by atoms with van der Waals surface area (Å²) in [5, 5.41) is 9.80. The fourth-order valence-electron chi connectivity index (χ4n) is 2.38. The molecule has 1 aliphatic rings. The van der Waals surface area contributed by atoms with Gasteiger partial charge < -0.3 is 10.0 Å². The molecule has 0 saturated carbocycles. The minimum absolute atomic E-state index is 0.326. The molecule has 1 aliphatic heterocycles. The van der Waals surface area contributed by atoms with Crippen molar-refractivity contribution < 1.29 is 5.11 Å². The Labute approximate surface area is 114 Å². The first-order valence-electron chi connectivity index (χ1n) is 6.69. The van der Waals surface area contributed by atoms with E-state index in [0.29, 0.717) is 4.75 Å². The number of hydrogen-bond acceptors (Lipinski definition) is 3. The molecule has 1 fully saturated rings. The van der Waals surface area contributed by atoms with Gasteiger partial charge >= 0.3 is 0 Å². The summed E-state index contributed by atoms with van der Waals surface area (Å²) in [7, 11) is 0. The van der Waals surface area contributed by atoms with Crippen LogP contribution >= 0.6 is 11.8 Å². The van der Waals surface area contributed by atoms with Crippen LogP contribution in [0.3, 0.4) is 0 Å². The number of aliphatic hydroxyl groups excluding tert-OH is 1. The van der Waals surface area contributed by atoms with Gasteiger partial charge in [0.15, 0.2) is 0 Å². The largest absolute Gasteiger partial charge is 0.388 e. The molecule has 2 nitrogen and oxygen atoms in total. The molecular formula is C15H23NOS. The molecule has 0 bridgehead atoms. The first-order valence-corrected chi connectivity index (χ1v) is 7.67. The van der Waals surface area contributed by atoms with Gasteiger partial charge in [-0.15, -0.1) is 0 Å². The van der Waals surface area contributed by atoms with Crippen molar-refractivity contribution in [1.82, 2.24) is 0 Å². The summed E-state index contributed by atoms with van der Waals surface area (Å²) in [4.78, 5) is 2.44. The van der Waals surface area contributed by atoms with Crippen molar-refractivity contribution in [2.24, 2.45) is 0 Å². The number of hydrogen-bond donors (Lipinski definition) is 1. The molecule has 1 unspecified atom stereocenters. The molecule has 1 heterocycles. The summed E-state index contributed by atoms with van der Waals surface area (Å²) in [6, 6.07) is 8.39. The zero-order chi connectivity index (χ0) is 13.2. The lowest BCUT2D eigenvalue weighted by atomic mass is 10.1. The van der Waals surface area contributed by atoms with Gasteiger partial charge in [-0.05, 0) is 38.0 Å². The number of nitrogens with zero attached hydrogens (tertiary/aromatic N) is 1. The van der Waals surface area contributed by atoms with E-state index in [1.165, 1.54) is 11.4 Å². The first-order chi connectivity index (χ1) is 8.52. The third kappa shape index (κ3) is 3.21. The summed E-state index contributed by atoms with van der Waals surface area (Å²) in [5.74, 6) is 1.19. The Bertz CT molecular complexity index is 388. The zero-order valence-corrected chi connectivity index (χ0v) is 12.3. The Morgan fingerprint density at radius 2 is 2.00 bits per heavy atom. The van der Waals surface area contributed by atoms with Crippen molar-refractivity contribution in [2.75, 3.05) is 23.7 Å². The maximum Gasteiger partial charge on any atom is 0.0787 e. The van der Waals surface area contributed by atoms with E-state index in [-0.39, 0.29) is 6.10 Å². The van der Waals surface area contributed by atoms with Gasteiger partial charge in [0.1, 0.15) is 0 Å². The van der Waals surface area contributed by atoms with Crippen molar-refractivity contribution in [2.45, 2.75) is 38.0 Å². The van der Waals surface area contributed by atoms with E-state index < -0.39 is 0 Å². The van der Waals surface area contributed by atoms with Crippen LogP contribution in [0.25, 0.3) is 0 Å². The predicted molar refractivity (Wildman–Crippen MR) is 80.4 cm³/mol. The molecule has 3 heteroatoms. The first kappa shape index (κ1) is 13.8. The van der Waals surface area contributed by atoms with E-state index in [4.69, 9.17) is 0 Å². The number of thioether (sulfide) groups is 1. The number of anilines is 1. The monoisotopic (exact) mass is 265 g/mol. The molecule has 1 saturated heterocycles. The molecule has 0 aromatic heterocycles. The molecule has 2 rings (SSSR count). The summed E-state index contributed by atoms with van der Waals surface area (Å²) in [5.41, 5.74) is 2.29. The van der Waals surface area contributed by atoms with E-state index in [2.05, 4.69) is 43.0 Å². The number of rotatable bonds is 3. The highest BCUT2D eigenvalue weighted by Gasteiger charge is 2.27. The predicted octanol–water partition coefficient (Wildman–Crippen LogP) is 3.46. The average Bonchev–Trinajstić information content (AvgIpc) is 2.37. The summed E-state index contributed by atoms with van der Waals surface area (Å²) < 4.78 is 0.333. The second-order valence-electron chi connectivity index (χ2n) is 5.55. The molecule has 0 aliphatic carbocycles. The second-order valence-corrected chi connectivity index (χ2v) is 7.35. The van der Waals surface area contributed by atoms with E-state index in [0.717, 1.165) is 25.1 Å². The van der Waals surface area contributed by atoms with Crippen LogP contribution in [-0.2, 0) is 0 Å². The van der Waals surface area contributed by atoms with Crippen LogP contribution in [-0.4, -0.2) is 28.7 Å². The molecule has 0 radical (unpaired) electrons. The molecule has 100 valence electrons. The lowest BCUT2D eigenvalue weighted by Crippen LogP contribution is -2.43. The Hall–Kier alpha value is -0.670. The van der Waals surface area contributed by atoms with E-state index in [9.17, 15) is 5.11 Å². The van der Waals surface area contributed by atoms with Crippen LogP contribution in [0.4, 0.5) is 5.69 Å². The third-order valence-electron chi connectivity index (χ3n) is 3.46. The molecule has 0 spiro atoms. The molecule has 1 atom stereocenters. The maximum atomic E-state index is 9.80. The number of aliphatic hydroxyl groups is 1. The fraction of sp³-hybridized carbons (Fsp3) is 0.600.